The van der Waals surface area contributed by atoms with Gasteiger partial charge in [0.15, 0.2) is 0 Å². The van der Waals surface area contributed by atoms with Crippen molar-refractivity contribution in [2.75, 3.05) is 9.80 Å². The fourth-order valence-corrected chi connectivity index (χ4v) is 20.6. The first-order valence-corrected chi connectivity index (χ1v) is 39.7. The molecule has 4 aliphatic rings. The highest BCUT2D eigenvalue weighted by Crippen LogP contribution is 2.54. The molecule has 0 N–H and O–H groups in total. The lowest BCUT2D eigenvalue weighted by molar-refractivity contribution is 0.402. The predicted molar refractivity (Wildman–Crippen MR) is 468 cm³/mol. The van der Waals surface area contributed by atoms with E-state index in [2.05, 4.69) is 404 Å². The second-order valence-corrected chi connectivity index (χ2v) is 38.1. The highest BCUT2D eigenvalue weighted by atomic mass is 15.2. The summed E-state index contributed by atoms with van der Waals surface area (Å²) in [7, 11) is 0. The van der Waals surface area contributed by atoms with E-state index in [4.69, 9.17) is 0 Å². The van der Waals surface area contributed by atoms with Crippen LogP contribution >= 0.6 is 0 Å². The Labute approximate surface area is 645 Å². The zero-order valence-electron chi connectivity index (χ0n) is 66.7. The number of hydrogen-bond acceptors (Lipinski definition) is 2. The lowest BCUT2D eigenvalue weighted by Crippen LogP contribution is -2.61. The van der Waals surface area contributed by atoms with Gasteiger partial charge in [-0.1, -0.05) is 288 Å². The molecule has 2 aliphatic carbocycles. The normalized spacial score (nSPS) is 15.9. The van der Waals surface area contributed by atoms with Crippen LogP contribution in [0, 0.1) is 0 Å². The van der Waals surface area contributed by atoms with Crippen molar-refractivity contribution in [3.8, 4) is 55.9 Å². The quantitative estimate of drug-likeness (QED) is 0.141. The molecule has 15 aromatic rings. The minimum absolute atomic E-state index is 0.0631. The number of para-hydroxylation sites is 1. The minimum Gasteiger partial charge on any atom is -0.311 e. The molecule has 19 rings (SSSR count). The van der Waals surface area contributed by atoms with Gasteiger partial charge in [-0.2, -0.15) is 0 Å². The Bertz CT molecular complexity index is 6210. The number of fused-ring (bicyclic) bond motifs is 12. The predicted octanol–water partition coefficient (Wildman–Crippen LogP) is 26.4. The molecule has 13 aromatic carbocycles. The van der Waals surface area contributed by atoms with Crippen LogP contribution in [0.3, 0.4) is 0 Å². The molecule has 0 atom stereocenters. The van der Waals surface area contributed by atoms with Crippen LogP contribution in [0.15, 0.2) is 267 Å². The third-order valence-corrected chi connectivity index (χ3v) is 25.5. The van der Waals surface area contributed by atoms with E-state index in [-0.39, 0.29) is 44.6 Å². The fourth-order valence-electron chi connectivity index (χ4n) is 20.6. The number of nitrogens with zero attached hydrogens (tertiary/aromatic N) is 4. The van der Waals surface area contributed by atoms with Crippen LogP contribution in [0.1, 0.15) is 169 Å². The van der Waals surface area contributed by atoms with Gasteiger partial charge in [0, 0.05) is 61.4 Å². The van der Waals surface area contributed by atoms with Gasteiger partial charge in [0.25, 0.3) is 6.71 Å². The molecule has 4 nitrogen and oxygen atoms in total. The number of hydrogen-bond donors (Lipinski definition) is 0. The molecule has 0 unspecified atom stereocenters. The van der Waals surface area contributed by atoms with Crippen LogP contribution < -0.4 is 26.2 Å². The van der Waals surface area contributed by atoms with Crippen molar-refractivity contribution in [2.45, 2.75) is 168 Å². The van der Waals surface area contributed by atoms with Crippen LogP contribution in [0.4, 0.5) is 34.1 Å². The SMILES string of the molecule is CC(C)(C)c1ccc2c(c1)c1cc(C(C)(C)C)ccc1n2-c1cc2c3c(c1)N(c1ccc(-c4ccc5c(c4)C(C)(C)CC5(C)C)cc1)c1cc(-n4c5ccccc5c5cc(-c6ccccc6)ccc54)ccc1B3c1cc(-c3ccccc3C(C)(C)C)ccc1N2c1ccc(-c2ccc3c(c2)C(C)(C)CC3(C)C)cc1. The van der Waals surface area contributed by atoms with Crippen molar-refractivity contribution in [1.82, 2.24) is 9.13 Å². The Balaban J connectivity index is 0.910. The maximum absolute atomic E-state index is 2.65. The van der Waals surface area contributed by atoms with Crippen LogP contribution in [-0.2, 0) is 37.9 Å². The maximum Gasteiger partial charge on any atom is 0.252 e. The van der Waals surface area contributed by atoms with Crippen molar-refractivity contribution in [2.24, 2.45) is 0 Å². The summed E-state index contributed by atoms with van der Waals surface area (Å²) in [5.74, 6) is 0. The summed E-state index contributed by atoms with van der Waals surface area (Å²) in [5.41, 5.74) is 37.3. The lowest BCUT2D eigenvalue weighted by atomic mass is 9.33. The minimum atomic E-state index is -0.197. The molecule has 2 aliphatic heterocycles. The maximum atomic E-state index is 2.65. The van der Waals surface area contributed by atoms with E-state index < -0.39 is 0 Å². The molecule has 0 saturated heterocycles. The second-order valence-electron chi connectivity index (χ2n) is 38.1. The van der Waals surface area contributed by atoms with Crippen LogP contribution in [0.2, 0.25) is 0 Å². The van der Waals surface area contributed by atoms with Crippen LogP contribution in [0.5, 0.6) is 0 Å². The second kappa shape index (κ2) is 23.8. The first kappa shape index (κ1) is 68.6. The van der Waals surface area contributed by atoms with E-state index in [1.165, 1.54) is 149 Å². The molecule has 2 aromatic heterocycles. The summed E-state index contributed by atoms with van der Waals surface area (Å²) in [6.07, 6.45) is 2.25. The highest BCUT2D eigenvalue weighted by Gasteiger charge is 2.47. The molecular weight excluding hydrogens is 1320 g/mol. The zero-order chi connectivity index (χ0) is 75.5. The average molecular weight is 1420 g/mol. The van der Waals surface area contributed by atoms with Gasteiger partial charge in [-0.05, 0) is 248 Å². The average Bonchev–Trinajstić information content (AvgIpc) is 1.07. The standard InChI is InChI=1S/C104H99BN4/c1-98(2,3)71-39-51-91-80(57-71)81-58-72(99(4,5)6)40-52-92(81)109(91)76-60-95-97-96(61-76)107(74-43-33-66(34-44-74)69-36-47-84-86(55-69)104(16,17)63-102(84,12)13)94-59-75(108-89-30-24-22-28-78(89)79-53-67(37-49-90(79)108)64-25-19-18-20-26-64)45-48-87(94)105(97)88-56-70(77-27-21-23-29-82(77)100(7,8)9)38-50-93(88)106(95)73-41-31-65(32-42-73)68-35-46-83-85(54-68)103(14,15)62-101(83,10)11/h18-61H,62-63H2,1-17H3. The number of rotatable bonds is 8. The molecule has 0 bridgehead atoms. The van der Waals surface area contributed by atoms with Crippen molar-refractivity contribution < 1.29 is 0 Å². The van der Waals surface area contributed by atoms with Gasteiger partial charge in [-0.3, -0.25) is 0 Å². The molecule has 5 heteroatoms. The summed E-state index contributed by atoms with van der Waals surface area (Å²) in [6.45, 7) is 40.3. The molecule has 0 fully saturated rings. The zero-order valence-corrected chi connectivity index (χ0v) is 66.7. The van der Waals surface area contributed by atoms with Crippen LogP contribution in [0.25, 0.3) is 99.5 Å². The van der Waals surface area contributed by atoms with Crippen molar-refractivity contribution >= 4 is 101 Å². The first-order valence-electron chi connectivity index (χ1n) is 39.7. The van der Waals surface area contributed by atoms with Crippen molar-refractivity contribution in [3.05, 3.63) is 306 Å². The van der Waals surface area contributed by atoms with Crippen molar-refractivity contribution in [3.63, 3.8) is 0 Å². The molecule has 0 saturated carbocycles. The van der Waals surface area contributed by atoms with Gasteiger partial charge >= 0.3 is 0 Å². The van der Waals surface area contributed by atoms with E-state index in [9.17, 15) is 0 Å². The van der Waals surface area contributed by atoms with Gasteiger partial charge < -0.3 is 18.9 Å². The Morgan fingerprint density at radius 2 is 0.697 bits per heavy atom. The van der Waals surface area contributed by atoms with Gasteiger partial charge in [0.2, 0.25) is 0 Å². The Kier molecular flexibility index (Phi) is 15.0. The van der Waals surface area contributed by atoms with E-state index in [1.54, 1.807) is 0 Å². The fraction of sp³-hybridized carbons (Fsp3) is 0.250. The summed E-state index contributed by atoms with van der Waals surface area (Å²) < 4.78 is 5.12. The largest absolute Gasteiger partial charge is 0.311 e. The summed E-state index contributed by atoms with van der Waals surface area (Å²) in [6, 6.07) is 104. The lowest BCUT2D eigenvalue weighted by Gasteiger charge is -2.45. The highest BCUT2D eigenvalue weighted by molar-refractivity contribution is 7.00. The van der Waals surface area contributed by atoms with E-state index in [0.717, 1.165) is 52.7 Å². The third-order valence-electron chi connectivity index (χ3n) is 25.5. The summed E-state index contributed by atoms with van der Waals surface area (Å²) in [4.78, 5) is 5.29. The van der Waals surface area contributed by atoms with Gasteiger partial charge in [0.05, 0.1) is 27.8 Å². The Morgan fingerprint density at radius 3 is 1.26 bits per heavy atom. The van der Waals surface area contributed by atoms with Crippen molar-refractivity contribution in [1.29, 1.82) is 0 Å². The number of benzene rings is 13. The molecule has 0 spiro atoms. The number of anilines is 6. The van der Waals surface area contributed by atoms with E-state index >= 15 is 0 Å². The van der Waals surface area contributed by atoms with Gasteiger partial charge in [-0.15, -0.1) is 0 Å². The monoisotopic (exact) mass is 1410 g/mol. The topological polar surface area (TPSA) is 16.3 Å². The molecule has 538 valence electrons. The summed E-state index contributed by atoms with van der Waals surface area (Å²) in [5, 5.41) is 4.99. The number of aromatic nitrogens is 2. The smallest absolute Gasteiger partial charge is 0.252 e. The molecular formula is C104H99BN4. The van der Waals surface area contributed by atoms with Crippen LogP contribution in [-0.4, -0.2) is 15.8 Å². The first-order chi connectivity index (χ1) is 51.9. The Hall–Kier alpha value is -10.9. The molecule has 4 heterocycles. The molecule has 109 heavy (non-hydrogen) atoms. The van der Waals surface area contributed by atoms with Gasteiger partial charge in [-0.25, -0.2) is 0 Å². The molecule has 0 amide bonds. The third kappa shape index (κ3) is 10.9. The summed E-state index contributed by atoms with van der Waals surface area (Å²) >= 11 is 0. The van der Waals surface area contributed by atoms with Gasteiger partial charge in [0.1, 0.15) is 0 Å². The van der Waals surface area contributed by atoms with E-state index in [0.29, 0.717) is 0 Å². The van der Waals surface area contributed by atoms with E-state index in [1.807, 2.05) is 0 Å². The molecule has 0 radical (unpaired) electrons. The Morgan fingerprint density at radius 1 is 0.275 bits per heavy atom.